The molecule has 1 atom stereocenters. The maximum absolute atomic E-state index is 13.2. The minimum atomic E-state index is -3.18. The van der Waals surface area contributed by atoms with Gasteiger partial charge in [0.05, 0.1) is 18.1 Å². The van der Waals surface area contributed by atoms with E-state index in [2.05, 4.69) is 0 Å². The molecule has 1 saturated heterocycles. The zero-order valence-corrected chi connectivity index (χ0v) is 17.5. The van der Waals surface area contributed by atoms with E-state index in [1.807, 2.05) is 0 Å². The molecule has 1 amide bonds. The van der Waals surface area contributed by atoms with Gasteiger partial charge >= 0.3 is 0 Å². The summed E-state index contributed by atoms with van der Waals surface area (Å²) in [4.78, 5) is 14.7. The van der Waals surface area contributed by atoms with Crippen molar-refractivity contribution in [3.05, 3.63) is 82.8 Å². The number of carbonyl (C=O) groups excluding carboxylic acids is 1. The van der Waals surface area contributed by atoms with Crippen LogP contribution in [0.25, 0.3) is 11.3 Å². The van der Waals surface area contributed by atoms with Crippen molar-refractivity contribution in [1.82, 2.24) is 4.90 Å². The zero-order valence-electron chi connectivity index (χ0n) is 15.9. The van der Waals surface area contributed by atoms with Crippen molar-refractivity contribution in [2.45, 2.75) is 19.0 Å². The Bertz CT molecular complexity index is 1160. The first-order valence-corrected chi connectivity index (χ1v) is 11.6. The van der Waals surface area contributed by atoms with Crippen LogP contribution in [0.2, 0.25) is 5.02 Å². The summed E-state index contributed by atoms with van der Waals surface area (Å²) in [6.45, 7) is 0.128. The van der Waals surface area contributed by atoms with E-state index in [4.69, 9.17) is 16.0 Å². The number of rotatable bonds is 5. The molecule has 1 aromatic heterocycles. The molecule has 1 aliphatic rings. The lowest BCUT2D eigenvalue weighted by molar-refractivity contribution is 0.0666. The molecule has 2 aromatic carbocycles. The van der Waals surface area contributed by atoms with Gasteiger partial charge in [0.2, 0.25) is 0 Å². The van der Waals surface area contributed by atoms with Gasteiger partial charge in [-0.25, -0.2) is 12.8 Å². The number of furan rings is 1. The van der Waals surface area contributed by atoms with Crippen molar-refractivity contribution in [3.8, 4) is 11.3 Å². The smallest absolute Gasteiger partial charge is 0.254 e. The number of sulfone groups is 1. The molecule has 4 rings (SSSR count). The molecule has 156 valence electrons. The third-order valence-corrected chi connectivity index (χ3v) is 7.12. The minimum Gasteiger partial charge on any atom is -0.459 e. The average Bonchev–Trinajstić information content (AvgIpc) is 3.33. The summed E-state index contributed by atoms with van der Waals surface area (Å²) >= 11 is 5.92. The van der Waals surface area contributed by atoms with Crippen LogP contribution in [-0.4, -0.2) is 36.8 Å². The van der Waals surface area contributed by atoms with E-state index in [-0.39, 0.29) is 29.8 Å². The van der Waals surface area contributed by atoms with Crippen molar-refractivity contribution in [3.63, 3.8) is 0 Å². The van der Waals surface area contributed by atoms with Crippen LogP contribution in [0.15, 0.2) is 65.1 Å². The average molecular weight is 448 g/mol. The second kappa shape index (κ2) is 8.24. The van der Waals surface area contributed by atoms with Gasteiger partial charge in [-0.15, -0.1) is 0 Å². The molecule has 30 heavy (non-hydrogen) atoms. The fraction of sp³-hybridized carbons (Fsp3) is 0.227. The lowest BCUT2D eigenvalue weighted by Gasteiger charge is -2.27. The largest absolute Gasteiger partial charge is 0.459 e. The maximum Gasteiger partial charge on any atom is 0.254 e. The van der Waals surface area contributed by atoms with Crippen LogP contribution in [0.5, 0.6) is 0 Å². The van der Waals surface area contributed by atoms with E-state index in [0.29, 0.717) is 34.1 Å². The second-order valence-electron chi connectivity index (χ2n) is 7.27. The first kappa shape index (κ1) is 20.6. The standard InChI is InChI=1S/C22H19ClFNO4S/c23-17-5-1-16(2-6-17)22(26)25(19-11-12-30(27,28)14-19)13-20-9-10-21(29-20)15-3-7-18(24)8-4-15/h1-10,19H,11-14H2/t19-/m0/s1. The Balaban J connectivity index is 1.61. The first-order valence-electron chi connectivity index (χ1n) is 9.42. The van der Waals surface area contributed by atoms with E-state index < -0.39 is 15.9 Å². The first-order chi connectivity index (χ1) is 14.3. The molecule has 0 N–H and O–H groups in total. The molecule has 0 bridgehead atoms. The van der Waals surface area contributed by atoms with Crippen molar-refractivity contribution in [1.29, 1.82) is 0 Å². The topological polar surface area (TPSA) is 67.6 Å². The van der Waals surface area contributed by atoms with Gasteiger partial charge < -0.3 is 9.32 Å². The molecule has 0 radical (unpaired) electrons. The molecule has 0 saturated carbocycles. The number of benzene rings is 2. The van der Waals surface area contributed by atoms with Gasteiger partial charge in [0.25, 0.3) is 5.91 Å². The van der Waals surface area contributed by atoms with Gasteiger partial charge in [-0.1, -0.05) is 11.6 Å². The molecule has 5 nitrogen and oxygen atoms in total. The van der Waals surface area contributed by atoms with E-state index in [1.54, 1.807) is 53.4 Å². The van der Waals surface area contributed by atoms with Gasteiger partial charge in [-0.05, 0) is 67.1 Å². The summed E-state index contributed by atoms with van der Waals surface area (Å²) in [7, 11) is -3.18. The molecule has 8 heteroatoms. The zero-order chi connectivity index (χ0) is 21.3. The van der Waals surface area contributed by atoms with Crippen molar-refractivity contribution in [2.75, 3.05) is 11.5 Å². The quantitative estimate of drug-likeness (QED) is 0.574. The number of halogens is 2. The highest BCUT2D eigenvalue weighted by Crippen LogP contribution is 2.27. The Morgan fingerprint density at radius 3 is 2.40 bits per heavy atom. The molecule has 1 fully saturated rings. The normalized spacial score (nSPS) is 17.7. The third-order valence-electron chi connectivity index (χ3n) is 5.12. The van der Waals surface area contributed by atoms with Crippen LogP contribution < -0.4 is 0 Å². The number of hydrogen-bond acceptors (Lipinski definition) is 4. The Morgan fingerprint density at radius 2 is 1.77 bits per heavy atom. The Morgan fingerprint density at radius 1 is 1.07 bits per heavy atom. The fourth-order valence-electron chi connectivity index (χ4n) is 3.55. The van der Waals surface area contributed by atoms with Crippen molar-refractivity contribution in [2.24, 2.45) is 0 Å². The maximum atomic E-state index is 13.2. The highest BCUT2D eigenvalue weighted by atomic mass is 35.5. The fourth-order valence-corrected chi connectivity index (χ4v) is 5.40. The van der Waals surface area contributed by atoms with Gasteiger partial charge in [0, 0.05) is 22.2 Å². The lowest BCUT2D eigenvalue weighted by Crippen LogP contribution is -2.40. The minimum absolute atomic E-state index is 0.0566. The SMILES string of the molecule is O=C(c1ccc(Cl)cc1)N(Cc1ccc(-c2ccc(F)cc2)o1)[C@H]1CCS(=O)(=O)C1. The van der Waals surface area contributed by atoms with Crippen molar-refractivity contribution < 1.29 is 22.0 Å². The summed E-state index contributed by atoms with van der Waals surface area (Å²) in [5.74, 6) is 0.420. The van der Waals surface area contributed by atoms with Crippen LogP contribution >= 0.6 is 11.6 Å². The highest BCUT2D eigenvalue weighted by molar-refractivity contribution is 7.91. The lowest BCUT2D eigenvalue weighted by atomic mass is 10.1. The summed E-state index contributed by atoms with van der Waals surface area (Å²) < 4.78 is 43.0. The summed E-state index contributed by atoms with van der Waals surface area (Å²) in [5, 5.41) is 0.511. The third kappa shape index (κ3) is 4.57. The van der Waals surface area contributed by atoms with E-state index in [0.717, 1.165) is 0 Å². The highest BCUT2D eigenvalue weighted by Gasteiger charge is 2.35. The summed E-state index contributed by atoms with van der Waals surface area (Å²) in [6, 6.07) is 15.4. The molecular formula is C22H19ClFNO4S. The monoisotopic (exact) mass is 447 g/mol. The van der Waals surface area contributed by atoms with E-state index >= 15 is 0 Å². The van der Waals surface area contributed by atoms with Gasteiger partial charge in [0.1, 0.15) is 17.3 Å². The predicted octanol–water partition coefficient (Wildman–Crippen LogP) is 4.57. The number of hydrogen-bond donors (Lipinski definition) is 0. The molecule has 3 aromatic rings. The van der Waals surface area contributed by atoms with E-state index in [1.165, 1.54) is 12.1 Å². The Hall–Kier alpha value is -2.64. The van der Waals surface area contributed by atoms with Gasteiger partial charge in [-0.3, -0.25) is 4.79 Å². The predicted molar refractivity (Wildman–Crippen MR) is 112 cm³/mol. The summed E-state index contributed by atoms with van der Waals surface area (Å²) in [6.07, 6.45) is 0.382. The van der Waals surface area contributed by atoms with Gasteiger partial charge in [0.15, 0.2) is 9.84 Å². The van der Waals surface area contributed by atoms with Crippen molar-refractivity contribution >= 4 is 27.3 Å². The summed E-state index contributed by atoms with van der Waals surface area (Å²) in [5.41, 5.74) is 1.13. The molecular weight excluding hydrogens is 429 g/mol. The van der Waals surface area contributed by atoms with Gasteiger partial charge in [-0.2, -0.15) is 0 Å². The van der Waals surface area contributed by atoms with Crippen LogP contribution in [0, 0.1) is 5.82 Å². The van der Waals surface area contributed by atoms with Crippen LogP contribution in [0.3, 0.4) is 0 Å². The number of nitrogens with zero attached hydrogens (tertiary/aromatic N) is 1. The Kier molecular flexibility index (Phi) is 5.66. The Labute approximate surface area is 179 Å². The van der Waals surface area contributed by atoms with Crippen LogP contribution in [0.4, 0.5) is 4.39 Å². The second-order valence-corrected chi connectivity index (χ2v) is 9.93. The molecule has 2 heterocycles. The molecule has 0 aliphatic carbocycles. The molecule has 0 unspecified atom stereocenters. The van der Waals surface area contributed by atoms with Crippen LogP contribution in [-0.2, 0) is 16.4 Å². The molecule has 1 aliphatic heterocycles. The number of carbonyl (C=O) groups is 1. The van der Waals surface area contributed by atoms with E-state index in [9.17, 15) is 17.6 Å². The van der Waals surface area contributed by atoms with Crippen LogP contribution in [0.1, 0.15) is 22.5 Å². The molecule has 0 spiro atoms. The number of amides is 1.